The number of fused-ring (bicyclic) bond motifs is 3. The van der Waals surface area contributed by atoms with Gasteiger partial charge in [-0.1, -0.05) is 0 Å². The number of nitrogens with one attached hydrogen (secondary N) is 2. The fourth-order valence-corrected chi connectivity index (χ4v) is 3.68. The van der Waals surface area contributed by atoms with Gasteiger partial charge in [-0.15, -0.1) is 10.2 Å². The third-order valence-electron chi connectivity index (χ3n) is 4.88. The van der Waals surface area contributed by atoms with Gasteiger partial charge >= 0.3 is 0 Å². The van der Waals surface area contributed by atoms with Crippen molar-refractivity contribution in [3.8, 4) is 6.07 Å². The van der Waals surface area contributed by atoms with Crippen molar-refractivity contribution in [2.24, 2.45) is 0 Å². The largest absolute Gasteiger partial charge is 0.366 e. The van der Waals surface area contributed by atoms with Crippen LogP contribution in [0.15, 0.2) is 30.9 Å². The molecular weight excluding hydrogens is 330 g/mol. The quantitative estimate of drug-likeness (QED) is 0.582. The molecular formula is C17H15N9. The molecule has 0 aromatic carbocycles. The lowest BCUT2D eigenvalue weighted by atomic mass is 10.1. The number of H-pyrrole nitrogens is 1. The summed E-state index contributed by atoms with van der Waals surface area (Å²) in [7, 11) is 0. The summed E-state index contributed by atoms with van der Waals surface area (Å²) in [5, 5.41) is 20.9. The first-order valence-electron chi connectivity index (χ1n) is 8.47. The van der Waals surface area contributed by atoms with Crippen molar-refractivity contribution < 1.29 is 0 Å². The first-order chi connectivity index (χ1) is 12.8. The van der Waals surface area contributed by atoms with Crippen molar-refractivity contribution >= 4 is 22.6 Å². The minimum Gasteiger partial charge on any atom is -0.366 e. The predicted octanol–water partition coefficient (Wildman–Crippen LogP) is 2.02. The van der Waals surface area contributed by atoms with Crippen molar-refractivity contribution in [2.75, 3.05) is 5.32 Å². The summed E-state index contributed by atoms with van der Waals surface area (Å²) in [6.45, 7) is 0. The number of nitriles is 1. The SMILES string of the molecule is N#Cc1cnc(NC2CCC(c3nnc4cnc5[nH]ccc5n34)C2)cn1. The Morgan fingerprint density at radius 3 is 2.96 bits per heavy atom. The highest BCUT2D eigenvalue weighted by molar-refractivity contribution is 5.74. The van der Waals surface area contributed by atoms with Crippen LogP contribution >= 0.6 is 0 Å². The molecule has 1 saturated carbocycles. The van der Waals surface area contributed by atoms with E-state index in [4.69, 9.17) is 5.26 Å². The number of hydrogen-bond donors (Lipinski definition) is 2. The average Bonchev–Trinajstić information content (AvgIpc) is 3.40. The molecule has 2 N–H and O–H groups in total. The molecule has 2 unspecified atom stereocenters. The minimum atomic E-state index is 0.290. The highest BCUT2D eigenvalue weighted by Gasteiger charge is 2.30. The fourth-order valence-electron chi connectivity index (χ4n) is 3.68. The molecule has 9 nitrogen and oxygen atoms in total. The molecule has 0 bridgehead atoms. The standard InChI is InChI=1S/C17H15N9/c18-6-12-7-21-14(8-20-12)23-11-2-1-10(5-11)17-25-24-15-9-22-16-13(26(15)17)3-4-19-16/h3-4,7-11,19H,1-2,5H2,(H,21,23). The Morgan fingerprint density at radius 1 is 1.15 bits per heavy atom. The third-order valence-corrected chi connectivity index (χ3v) is 4.88. The summed E-state index contributed by atoms with van der Waals surface area (Å²) in [4.78, 5) is 15.8. The van der Waals surface area contributed by atoms with Crippen LogP contribution < -0.4 is 5.32 Å². The summed E-state index contributed by atoms with van der Waals surface area (Å²) >= 11 is 0. The van der Waals surface area contributed by atoms with Gasteiger partial charge in [0.05, 0.1) is 24.1 Å². The van der Waals surface area contributed by atoms with Crippen molar-refractivity contribution in [3.05, 3.63) is 42.4 Å². The average molecular weight is 345 g/mol. The second kappa shape index (κ2) is 5.77. The summed E-state index contributed by atoms with van der Waals surface area (Å²) in [5.74, 6) is 1.98. The molecule has 0 radical (unpaired) electrons. The molecule has 5 rings (SSSR count). The number of anilines is 1. The van der Waals surface area contributed by atoms with E-state index in [2.05, 4.69) is 39.9 Å². The van der Waals surface area contributed by atoms with Gasteiger partial charge in [0.15, 0.2) is 17.0 Å². The first-order valence-corrected chi connectivity index (χ1v) is 8.47. The van der Waals surface area contributed by atoms with Crippen LogP contribution in [0.25, 0.3) is 16.8 Å². The maximum atomic E-state index is 8.80. The lowest BCUT2D eigenvalue weighted by molar-refractivity contribution is 0.651. The molecule has 4 heterocycles. The van der Waals surface area contributed by atoms with Crippen LogP contribution in [0.1, 0.15) is 36.7 Å². The summed E-state index contributed by atoms with van der Waals surface area (Å²) < 4.78 is 2.09. The lowest BCUT2D eigenvalue weighted by Gasteiger charge is -2.13. The molecule has 26 heavy (non-hydrogen) atoms. The highest BCUT2D eigenvalue weighted by Crippen LogP contribution is 2.35. The van der Waals surface area contributed by atoms with Crippen LogP contribution in [0, 0.1) is 11.3 Å². The molecule has 0 amide bonds. The topological polar surface area (TPSA) is 120 Å². The zero-order valence-electron chi connectivity index (χ0n) is 13.8. The molecule has 4 aromatic heterocycles. The molecule has 9 heteroatoms. The van der Waals surface area contributed by atoms with Gasteiger partial charge in [-0.05, 0) is 25.3 Å². The molecule has 1 aliphatic rings. The van der Waals surface area contributed by atoms with Crippen molar-refractivity contribution in [1.82, 2.24) is 34.5 Å². The van der Waals surface area contributed by atoms with E-state index in [1.54, 1.807) is 12.4 Å². The van der Waals surface area contributed by atoms with Gasteiger partial charge in [-0.3, -0.25) is 4.40 Å². The van der Waals surface area contributed by atoms with Crippen LogP contribution in [0.5, 0.6) is 0 Å². The van der Waals surface area contributed by atoms with E-state index < -0.39 is 0 Å². The lowest BCUT2D eigenvalue weighted by Crippen LogP contribution is -2.16. The fraction of sp³-hybridized carbons (Fsp3) is 0.294. The van der Waals surface area contributed by atoms with E-state index in [0.29, 0.717) is 17.4 Å². The maximum Gasteiger partial charge on any atom is 0.179 e. The van der Waals surface area contributed by atoms with Gasteiger partial charge in [-0.25, -0.2) is 15.0 Å². The van der Waals surface area contributed by atoms with Crippen LogP contribution in [0.3, 0.4) is 0 Å². The van der Waals surface area contributed by atoms with Gasteiger partial charge in [-0.2, -0.15) is 5.26 Å². The normalized spacial score (nSPS) is 19.8. The molecule has 1 aliphatic carbocycles. The first kappa shape index (κ1) is 14.8. The Kier molecular flexibility index (Phi) is 3.28. The second-order valence-electron chi connectivity index (χ2n) is 6.47. The molecule has 0 spiro atoms. The summed E-state index contributed by atoms with van der Waals surface area (Å²) in [5.41, 5.74) is 2.91. The van der Waals surface area contributed by atoms with Gasteiger partial charge in [0, 0.05) is 18.2 Å². The Hall–Kier alpha value is -3.54. The van der Waals surface area contributed by atoms with Gasteiger partial charge in [0.25, 0.3) is 0 Å². The molecule has 1 fully saturated rings. The van der Waals surface area contributed by atoms with Crippen LogP contribution in [0.2, 0.25) is 0 Å². The van der Waals surface area contributed by atoms with E-state index in [1.807, 2.05) is 18.3 Å². The van der Waals surface area contributed by atoms with E-state index >= 15 is 0 Å². The summed E-state index contributed by atoms with van der Waals surface area (Å²) in [6.07, 6.45) is 9.69. The molecule has 128 valence electrons. The maximum absolute atomic E-state index is 8.80. The van der Waals surface area contributed by atoms with Crippen molar-refractivity contribution in [3.63, 3.8) is 0 Å². The van der Waals surface area contributed by atoms with Crippen LogP contribution in [0.4, 0.5) is 5.82 Å². The van der Waals surface area contributed by atoms with Crippen LogP contribution in [-0.2, 0) is 0 Å². The monoisotopic (exact) mass is 345 g/mol. The number of aromatic amines is 1. The van der Waals surface area contributed by atoms with E-state index in [9.17, 15) is 0 Å². The highest BCUT2D eigenvalue weighted by atomic mass is 15.3. The van der Waals surface area contributed by atoms with E-state index in [-0.39, 0.29) is 6.04 Å². The smallest absolute Gasteiger partial charge is 0.179 e. The van der Waals surface area contributed by atoms with Crippen molar-refractivity contribution in [2.45, 2.75) is 31.2 Å². The Bertz CT molecular complexity index is 1120. The Labute approximate surface area is 148 Å². The molecule has 2 atom stereocenters. The predicted molar refractivity (Wildman–Crippen MR) is 93.4 cm³/mol. The Morgan fingerprint density at radius 2 is 2.12 bits per heavy atom. The molecule has 0 saturated heterocycles. The number of aromatic nitrogens is 7. The zero-order chi connectivity index (χ0) is 17.5. The number of rotatable bonds is 3. The van der Waals surface area contributed by atoms with Crippen molar-refractivity contribution in [1.29, 1.82) is 5.26 Å². The zero-order valence-corrected chi connectivity index (χ0v) is 13.8. The van der Waals surface area contributed by atoms with Gasteiger partial charge in [0.1, 0.15) is 17.7 Å². The number of hydrogen-bond acceptors (Lipinski definition) is 7. The van der Waals surface area contributed by atoms with E-state index in [0.717, 1.165) is 41.9 Å². The number of nitrogens with zero attached hydrogens (tertiary/aromatic N) is 7. The molecule has 0 aliphatic heterocycles. The van der Waals surface area contributed by atoms with E-state index in [1.165, 1.54) is 6.20 Å². The van der Waals surface area contributed by atoms with Gasteiger partial charge in [0.2, 0.25) is 0 Å². The Balaban J connectivity index is 1.39. The minimum absolute atomic E-state index is 0.290. The summed E-state index contributed by atoms with van der Waals surface area (Å²) in [6, 6.07) is 4.26. The second-order valence-corrected chi connectivity index (χ2v) is 6.47. The molecule has 4 aromatic rings. The third kappa shape index (κ3) is 2.35. The van der Waals surface area contributed by atoms with Gasteiger partial charge < -0.3 is 10.3 Å². The van der Waals surface area contributed by atoms with Crippen LogP contribution in [-0.4, -0.2) is 40.6 Å².